The van der Waals surface area contributed by atoms with E-state index < -0.39 is 0 Å². The molecule has 0 fully saturated rings. The van der Waals surface area contributed by atoms with Crippen LogP contribution in [0.25, 0.3) is 12.2 Å². The number of allylic oxidation sites excluding steroid dienone is 8. The van der Waals surface area contributed by atoms with E-state index in [1.807, 2.05) is 37.1 Å². The minimum atomic E-state index is 0.0581. The molecule has 0 aromatic carbocycles. The van der Waals surface area contributed by atoms with Gasteiger partial charge in [-0.3, -0.25) is 9.48 Å². The monoisotopic (exact) mass is 599 g/mol. The predicted octanol–water partition coefficient (Wildman–Crippen LogP) is 4.06. The quantitative estimate of drug-likeness (QED) is 0.166. The molecule has 9 heteroatoms. The number of aromatic nitrogens is 2. The summed E-state index contributed by atoms with van der Waals surface area (Å²) in [4.78, 5) is 22.7. The van der Waals surface area contributed by atoms with Crippen molar-refractivity contribution in [1.29, 1.82) is 0 Å². The minimum Gasteiger partial charge on any atom is -0.390 e. The van der Waals surface area contributed by atoms with Gasteiger partial charge in [-0.25, -0.2) is 4.99 Å². The van der Waals surface area contributed by atoms with Gasteiger partial charge in [-0.1, -0.05) is 42.5 Å². The maximum atomic E-state index is 12.9. The number of hydrogen-bond donors (Lipinski definition) is 2. The summed E-state index contributed by atoms with van der Waals surface area (Å²) < 4.78 is 2.05. The van der Waals surface area contributed by atoms with Crippen molar-refractivity contribution in [1.82, 2.24) is 24.9 Å². The highest BCUT2D eigenvalue weighted by Crippen LogP contribution is 2.39. The van der Waals surface area contributed by atoms with Crippen molar-refractivity contribution in [2.75, 3.05) is 20.1 Å². The van der Waals surface area contributed by atoms with E-state index in [4.69, 9.17) is 5.73 Å². The Hall–Kier alpha value is -3.95. The van der Waals surface area contributed by atoms with Gasteiger partial charge in [-0.05, 0) is 64.5 Å². The molecule has 2 aliphatic rings. The molecule has 4 rings (SSSR count). The van der Waals surface area contributed by atoms with Crippen molar-refractivity contribution in [3.63, 3.8) is 0 Å². The number of fused-ring (bicyclic) bond motifs is 2. The Morgan fingerprint density at radius 3 is 2.84 bits per heavy atom. The van der Waals surface area contributed by atoms with E-state index in [2.05, 4.69) is 88.4 Å². The number of carbonyl (C=O) groups is 1. The fraction of sp³-hybridized carbons (Fsp3) is 0.382. The third-order valence-electron chi connectivity index (χ3n) is 7.79. The smallest absolute Gasteiger partial charge is 0.246 e. The maximum Gasteiger partial charge on any atom is 0.246 e. The highest BCUT2D eigenvalue weighted by Gasteiger charge is 2.26. The highest BCUT2D eigenvalue weighted by molar-refractivity contribution is 7.16. The van der Waals surface area contributed by atoms with Crippen molar-refractivity contribution in [2.45, 2.75) is 66.2 Å². The third kappa shape index (κ3) is 8.33. The van der Waals surface area contributed by atoms with E-state index in [0.29, 0.717) is 32.2 Å². The summed E-state index contributed by atoms with van der Waals surface area (Å²) >= 11 is 1.63. The summed E-state index contributed by atoms with van der Waals surface area (Å²) in [6.07, 6.45) is 25.5. The van der Waals surface area contributed by atoms with E-state index in [9.17, 15) is 4.79 Å². The summed E-state index contributed by atoms with van der Waals surface area (Å²) in [6, 6.07) is 0.439. The number of amides is 1. The Morgan fingerprint density at radius 2 is 2.09 bits per heavy atom. The summed E-state index contributed by atoms with van der Waals surface area (Å²) in [7, 11) is 2.06. The molecule has 0 bridgehead atoms. The molecule has 0 saturated carbocycles. The van der Waals surface area contributed by atoms with Gasteiger partial charge in [0.25, 0.3) is 0 Å². The fourth-order valence-electron chi connectivity index (χ4n) is 5.08. The van der Waals surface area contributed by atoms with Crippen LogP contribution in [0.2, 0.25) is 0 Å². The highest BCUT2D eigenvalue weighted by atomic mass is 32.1. The first-order chi connectivity index (χ1) is 20.8. The van der Waals surface area contributed by atoms with Crippen molar-refractivity contribution >= 4 is 40.7 Å². The van der Waals surface area contributed by atoms with Crippen LogP contribution in [0.15, 0.2) is 71.1 Å². The van der Waals surface area contributed by atoms with Crippen LogP contribution in [-0.2, 0) is 30.8 Å². The molecule has 0 saturated heterocycles. The van der Waals surface area contributed by atoms with Gasteiger partial charge < -0.3 is 20.9 Å². The molecule has 2 aromatic heterocycles. The van der Waals surface area contributed by atoms with Crippen LogP contribution in [-0.4, -0.2) is 58.0 Å². The molecule has 1 amide bonds. The van der Waals surface area contributed by atoms with Crippen LogP contribution in [0.3, 0.4) is 0 Å². The van der Waals surface area contributed by atoms with E-state index in [1.54, 1.807) is 17.4 Å². The van der Waals surface area contributed by atoms with Gasteiger partial charge in [-0.2, -0.15) is 5.10 Å². The molecule has 2 aromatic rings. The van der Waals surface area contributed by atoms with Crippen LogP contribution >= 0.6 is 11.3 Å². The lowest BCUT2D eigenvalue weighted by Gasteiger charge is -2.26. The number of nitrogens with one attached hydrogen (secondary N) is 1. The largest absolute Gasteiger partial charge is 0.390 e. The van der Waals surface area contributed by atoms with Crippen LogP contribution in [0.5, 0.6) is 0 Å². The number of nitrogens with zero attached hydrogens (tertiary/aromatic N) is 5. The number of rotatable bonds is 12. The van der Waals surface area contributed by atoms with Gasteiger partial charge in [0.2, 0.25) is 5.91 Å². The summed E-state index contributed by atoms with van der Waals surface area (Å²) in [5.41, 5.74) is 10.5. The van der Waals surface area contributed by atoms with Crippen molar-refractivity contribution in [3.8, 4) is 0 Å². The average Bonchev–Trinajstić information content (AvgIpc) is 3.47. The number of hydrogen-bond acceptors (Lipinski definition) is 6. The molecule has 0 atom stereocenters. The number of carbonyl (C=O) groups excluding carboxylic acids is 1. The SMILES string of the molecule is C\C=C/C=C(\C=C/C)Cn1ncc2c1=CC=C(NCc1c(/N=C\N)sc3c1CCN(C(=O)/C=C/CN(C)C(C)C)C3)CC=2. The first-order valence-electron chi connectivity index (χ1n) is 15.0. The van der Waals surface area contributed by atoms with Crippen molar-refractivity contribution in [2.24, 2.45) is 10.7 Å². The Bertz CT molecular complexity index is 1580. The second-order valence-electron chi connectivity index (χ2n) is 11.0. The molecular formula is C34H45N7OS. The Balaban J connectivity index is 1.47. The third-order valence-corrected chi connectivity index (χ3v) is 8.95. The predicted molar refractivity (Wildman–Crippen MR) is 180 cm³/mol. The van der Waals surface area contributed by atoms with Crippen LogP contribution < -0.4 is 21.6 Å². The van der Waals surface area contributed by atoms with Gasteiger partial charge in [0.05, 0.1) is 31.0 Å². The van der Waals surface area contributed by atoms with E-state index in [1.165, 1.54) is 27.9 Å². The van der Waals surface area contributed by atoms with Crippen LogP contribution in [0.1, 0.15) is 50.1 Å². The molecule has 3 heterocycles. The zero-order valence-electron chi connectivity index (χ0n) is 26.1. The molecule has 3 N–H and O–H groups in total. The zero-order valence-corrected chi connectivity index (χ0v) is 26.9. The standard InChI is InChI=1S/C34H45N7OS/c1-6-8-11-26(10-7-2)22-41-31-16-15-28(14-13-27(31)20-38-41)36-21-30-29-17-19-40(23-32(29)43-34(30)37-24-35)33(42)12-9-18-39(5)25(3)4/h6-13,15-16,20,24-25,36H,14,17-19,21-23H2,1-5H3,(H2,35,37)/b8-6-,10-7-,12-9+,26-11+. The first kappa shape index (κ1) is 32.0. The molecular weight excluding hydrogens is 554 g/mol. The first-order valence-corrected chi connectivity index (χ1v) is 15.8. The van der Waals surface area contributed by atoms with Crippen molar-refractivity contribution in [3.05, 3.63) is 92.6 Å². The van der Waals surface area contributed by atoms with E-state index in [-0.39, 0.29) is 5.91 Å². The lowest BCUT2D eigenvalue weighted by atomic mass is 10.0. The maximum absolute atomic E-state index is 12.9. The number of nitrogens with two attached hydrogens (primary N) is 1. The molecule has 1 aliphatic carbocycles. The zero-order chi connectivity index (χ0) is 30.8. The molecule has 228 valence electrons. The average molecular weight is 600 g/mol. The Labute approximate surface area is 259 Å². The van der Waals surface area contributed by atoms with Crippen LogP contribution in [0, 0.1) is 0 Å². The van der Waals surface area contributed by atoms with Gasteiger partial charge in [0.15, 0.2) is 0 Å². The number of thiophene rings is 1. The van der Waals surface area contributed by atoms with E-state index >= 15 is 0 Å². The molecule has 0 spiro atoms. The number of likely N-dealkylation sites (N-methyl/N-ethyl adjacent to an activating group) is 1. The van der Waals surface area contributed by atoms with Crippen LogP contribution in [0.4, 0.5) is 5.00 Å². The van der Waals surface area contributed by atoms with Gasteiger partial charge in [-0.15, -0.1) is 11.3 Å². The molecule has 0 radical (unpaired) electrons. The second kappa shape index (κ2) is 15.5. The lowest BCUT2D eigenvalue weighted by molar-refractivity contribution is -0.126. The normalized spacial score (nSPS) is 15.8. The van der Waals surface area contributed by atoms with E-state index in [0.717, 1.165) is 40.7 Å². The van der Waals surface area contributed by atoms with Crippen molar-refractivity contribution < 1.29 is 4.79 Å². The summed E-state index contributed by atoms with van der Waals surface area (Å²) in [5.74, 6) is 0.0581. The molecule has 0 unspecified atom stereocenters. The van der Waals surface area contributed by atoms with Gasteiger partial charge >= 0.3 is 0 Å². The topological polar surface area (TPSA) is 91.8 Å². The Morgan fingerprint density at radius 1 is 1.26 bits per heavy atom. The molecule has 8 nitrogen and oxygen atoms in total. The summed E-state index contributed by atoms with van der Waals surface area (Å²) in [5, 5.41) is 11.5. The molecule has 1 aliphatic heterocycles. The minimum absolute atomic E-state index is 0.0581. The number of aliphatic imine (C=N–C) groups is 1. The lowest BCUT2D eigenvalue weighted by Crippen LogP contribution is -2.34. The van der Waals surface area contributed by atoms with Gasteiger partial charge in [0, 0.05) is 59.5 Å². The van der Waals surface area contributed by atoms with Gasteiger partial charge in [0.1, 0.15) is 5.00 Å². The molecule has 43 heavy (non-hydrogen) atoms. The Kier molecular flexibility index (Phi) is 11.5. The second-order valence-corrected chi connectivity index (χ2v) is 12.1. The summed E-state index contributed by atoms with van der Waals surface area (Å²) in [6.45, 7) is 11.8. The fourth-order valence-corrected chi connectivity index (χ4v) is 6.31.